The average molecular weight is 495 g/mol. The molecule has 0 spiro atoms. The molecule has 1 aliphatic heterocycles. The van der Waals surface area contributed by atoms with Crippen LogP contribution in [0.1, 0.15) is 28.4 Å². The van der Waals surface area contributed by atoms with E-state index in [4.69, 9.17) is 9.47 Å². The average Bonchev–Trinajstić information content (AvgIpc) is 2.87. The minimum atomic E-state index is -3.97. The lowest BCUT2D eigenvalue weighted by Gasteiger charge is -2.28. The molecule has 1 N–H and O–H groups in total. The van der Waals surface area contributed by atoms with Crippen LogP contribution in [0.15, 0.2) is 77.7 Å². The fourth-order valence-corrected chi connectivity index (χ4v) is 4.92. The number of hydrogen-bond donors (Lipinski definition) is 1. The molecule has 3 aromatic rings. The minimum Gasteiger partial charge on any atom is -0.494 e. The predicted octanol–water partition coefficient (Wildman–Crippen LogP) is 3.63. The predicted molar refractivity (Wildman–Crippen MR) is 131 cm³/mol. The molecule has 0 radical (unpaired) electrons. The Morgan fingerprint density at radius 3 is 2.37 bits per heavy atom. The van der Waals surface area contributed by atoms with Crippen LogP contribution in [0.2, 0.25) is 0 Å². The zero-order valence-corrected chi connectivity index (χ0v) is 20.1. The number of nitrogens with one attached hydrogen (secondary N) is 1. The lowest BCUT2D eigenvalue weighted by molar-refractivity contribution is -0.135. The number of esters is 1. The Balaban J connectivity index is 1.41. The Labute approximate surface area is 204 Å². The molecular formula is C26H26N2O6S. The molecule has 0 unspecified atom stereocenters. The van der Waals surface area contributed by atoms with Crippen LogP contribution in [0.25, 0.3) is 0 Å². The number of hydrogen-bond acceptors (Lipinski definition) is 6. The van der Waals surface area contributed by atoms with Gasteiger partial charge in [-0.1, -0.05) is 36.4 Å². The Hall–Kier alpha value is -3.85. The minimum absolute atomic E-state index is 0.0128. The molecule has 9 heteroatoms. The van der Waals surface area contributed by atoms with E-state index in [0.29, 0.717) is 25.4 Å². The largest absolute Gasteiger partial charge is 0.494 e. The highest BCUT2D eigenvalue weighted by Gasteiger charge is 2.23. The SMILES string of the molecule is CCOc1ccc(S(=O)(=O)Nc2ccccc2C(=O)OCC(=O)N2CCc3ccccc3C2)cc1. The van der Waals surface area contributed by atoms with Crippen molar-refractivity contribution in [3.63, 3.8) is 0 Å². The summed E-state index contributed by atoms with van der Waals surface area (Å²) in [5.41, 5.74) is 2.36. The molecule has 1 amide bonds. The second-order valence-electron chi connectivity index (χ2n) is 7.97. The van der Waals surface area contributed by atoms with Crippen molar-refractivity contribution in [1.29, 1.82) is 0 Å². The van der Waals surface area contributed by atoms with Gasteiger partial charge in [0.15, 0.2) is 6.61 Å². The molecule has 3 aromatic carbocycles. The van der Waals surface area contributed by atoms with E-state index in [0.717, 1.165) is 12.0 Å². The van der Waals surface area contributed by atoms with Crippen LogP contribution in [0.5, 0.6) is 5.75 Å². The molecule has 35 heavy (non-hydrogen) atoms. The smallest absolute Gasteiger partial charge is 0.340 e. The Morgan fingerprint density at radius 1 is 0.943 bits per heavy atom. The highest BCUT2D eigenvalue weighted by atomic mass is 32.2. The van der Waals surface area contributed by atoms with Gasteiger partial charge in [-0.05, 0) is 60.9 Å². The normalized spacial score (nSPS) is 13.0. The standard InChI is InChI=1S/C26H26N2O6S/c1-2-33-21-11-13-22(14-12-21)35(31,32)27-24-10-6-5-9-23(24)26(30)34-18-25(29)28-16-15-19-7-3-4-8-20(19)17-28/h3-14,27H,2,15-18H2,1H3. The van der Waals surface area contributed by atoms with Crippen molar-refractivity contribution in [2.75, 3.05) is 24.5 Å². The summed E-state index contributed by atoms with van der Waals surface area (Å²) in [4.78, 5) is 27.1. The van der Waals surface area contributed by atoms with Gasteiger partial charge >= 0.3 is 5.97 Å². The summed E-state index contributed by atoms with van der Waals surface area (Å²) < 4.78 is 38.7. The maximum Gasteiger partial charge on any atom is 0.340 e. The first kappa shape index (κ1) is 24.3. The number of carbonyl (C=O) groups is 2. The van der Waals surface area contributed by atoms with Crippen molar-refractivity contribution in [2.45, 2.75) is 24.8 Å². The summed E-state index contributed by atoms with van der Waals surface area (Å²) in [5, 5.41) is 0. The van der Waals surface area contributed by atoms with Crippen LogP contribution >= 0.6 is 0 Å². The Morgan fingerprint density at radius 2 is 1.63 bits per heavy atom. The van der Waals surface area contributed by atoms with Crippen LogP contribution in [-0.4, -0.2) is 45.0 Å². The van der Waals surface area contributed by atoms with Crippen LogP contribution < -0.4 is 9.46 Å². The first-order chi connectivity index (χ1) is 16.9. The third-order valence-electron chi connectivity index (χ3n) is 5.65. The number of carbonyl (C=O) groups excluding carboxylic acids is 2. The molecule has 0 bridgehead atoms. The summed E-state index contributed by atoms with van der Waals surface area (Å²) in [6.07, 6.45) is 0.742. The highest BCUT2D eigenvalue weighted by Crippen LogP contribution is 2.23. The molecular weight excluding hydrogens is 468 g/mol. The van der Waals surface area contributed by atoms with E-state index in [1.54, 1.807) is 29.2 Å². The first-order valence-corrected chi connectivity index (χ1v) is 12.7. The number of amides is 1. The molecule has 0 atom stereocenters. The summed E-state index contributed by atoms with van der Waals surface area (Å²) in [5.74, 6) is -0.543. The van der Waals surface area contributed by atoms with Crippen molar-refractivity contribution >= 4 is 27.6 Å². The number of fused-ring (bicyclic) bond motifs is 1. The van der Waals surface area contributed by atoms with Gasteiger partial charge in [-0.15, -0.1) is 0 Å². The molecule has 0 saturated heterocycles. The van der Waals surface area contributed by atoms with Crippen molar-refractivity contribution in [2.24, 2.45) is 0 Å². The Bertz CT molecular complexity index is 1320. The monoisotopic (exact) mass is 494 g/mol. The van der Waals surface area contributed by atoms with Gasteiger partial charge in [0.2, 0.25) is 0 Å². The van der Waals surface area contributed by atoms with Crippen LogP contribution in [-0.2, 0) is 32.5 Å². The third kappa shape index (κ3) is 5.81. The van der Waals surface area contributed by atoms with Crippen molar-refractivity contribution in [3.05, 3.63) is 89.5 Å². The number of rotatable bonds is 8. The molecule has 1 heterocycles. The lowest BCUT2D eigenvalue weighted by atomic mass is 10.00. The van der Waals surface area contributed by atoms with E-state index in [-0.39, 0.29) is 22.1 Å². The van der Waals surface area contributed by atoms with E-state index in [2.05, 4.69) is 4.72 Å². The van der Waals surface area contributed by atoms with Crippen molar-refractivity contribution in [1.82, 2.24) is 4.90 Å². The van der Waals surface area contributed by atoms with Gasteiger partial charge in [-0.25, -0.2) is 13.2 Å². The number of benzene rings is 3. The molecule has 8 nitrogen and oxygen atoms in total. The maximum absolute atomic E-state index is 12.9. The summed E-state index contributed by atoms with van der Waals surface area (Å²) >= 11 is 0. The van der Waals surface area contributed by atoms with E-state index < -0.39 is 22.6 Å². The second kappa shape index (κ2) is 10.6. The lowest BCUT2D eigenvalue weighted by Crippen LogP contribution is -2.38. The number of anilines is 1. The molecule has 0 fully saturated rings. The topological polar surface area (TPSA) is 102 Å². The summed E-state index contributed by atoms with van der Waals surface area (Å²) in [6.45, 7) is 2.88. The van der Waals surface area contributed by atoms with E-state index >= 15 is 0 Å². The van der Waals surface area contributed by atoms with Gasteiger partial charge < -0.3 is 14.4 Å². The van der Waals surface area contributed by atoms with Crippen molar-refractivity contribution < 1.29 is 27.5 Å². The van der Waals surface area contributed by atoms with Gasteiger partial charge in [-0.3, -0.25) is 9.52 Å². The van der Waals surface area contributed by atoms with E-state index in [9.17, 15) is 18.0 Å². The molecule has 182 valence electrons. The zero-order valence-electron chi connectivity index (χ0n) is 19.3. The van der Waals surface area contributed by atoms with Gasteiger partial charge in [-0.2, -0.15) is 0 Å². The van der Waals surface area contributed by atoms with Gasteiger partial charge in [0, 0.05) is 13.1 Å². The zero-order chi connectivity index (χ0) is 24.8. The number of sulfonamides is 1. The number of para-hydroxylation sites is 1. The fraction of sp³-hybridized carbons (Fsp3) is 0.231. The molecule has 4 rings (SSSR count). The third-order valence-corrected chi connectivity index (χ3v) is 7.03. The summed E-state index contributed by atoms with van der Waals surface area (Å²) in [7, 11) is -3.97. The van der Waals surface area contributed by atoms with Gasteiger partial charge in [0.25, 0.3) is 15.9 Å². The van der Waals surface area contributed by atoms with Crippen LogP contribution in [0.4, 0.5) is 5.69 Å². The quantitative estimate of drug-likeness (QED) is 0.480. The molecule has 0 aromatic heterocycles. The van der Waals surface area contributed by atoms with Gasteiger partial charge in [0.05, 0.1) is 22.8 Å². The Kier molecular flexibility index (Phi) is 7.36. The summed E-state index contributed by atoms with van der Waals surface area (Å²) in [6, 6.07) is 20.0. The maximum atomic E-state index is 12.9. The molecule has 0 aliphatic carbocycles. The molecule has 1 aliphatic rings. The molecule has 0 saturated carbocycles. The number of ether oxygens (including phenoxy) is 2. The van der Waals surface area contributed by atoms with Crippen LogP contribution in [0.3, 0.4) is 0 Å². The number of nitrogens with zero attached hydrogens (tertiary/aromatic N) is 1. The van der Waals surface area contributed by atoms with Gasteiger partial charge in [0.1, 0.15) is 5.75 Å². The fourth-order valence-electron chi connectivity index (χ4n) is 3.84. The van der Waals surface area contributed by atoms with Crippen LogP contribution in [0, 0.1) is 0 Å². The van der Waals surface area contributed by atoms with E-state index in [1.807, 2.05) is 31.2 Å². The first-order valence-electron chi connectivity index (χ1n) is 11.2. The highest BCUT2D eigenvalue weighted by molar-refractivity contribution is 7.92. The van der Waals surface area contributed by atoms with E-state index in [1.165, 1.54) is 29.8 Å². The van der Waals surface area contributed by atoms with Crippen molar-refractivity contribution in [3.8, 4) is 5.75 Å². The second-order valence-corrected chi connectivity index (χ2v) is 9.65.